The molecule has 0 unspecified atom stereocenters. The van der Waals surface area contributed by atoms with E-state index in [0.717, 1.165) is 12.8 Å². The van der Waals surface area contributed by atoms with Gasteiger partial charge in [0.15, 0.2) is 0 Å². The van der Waals surface area contributed by atoms with Crippen LogP contribution in [0.15, 0.2) is 54.6 Å². The molecule has 0 atom stereocenters. The van der Waals surface area contributed by atoms with Gasteiger partial charge in [-0.2, -0.15) is 5.26 Å². The smallest absolute Gasteiger partial charge is 0.323 e. The van der Waals surface area contributed by atoms with Crippen molar-refractivity contribution in [2.24, 2.45) is 5.41 Å². The second kappa shape index (κ2) is 7.70. The van der Waals surface area contributed by atoms with E-state index < -0.39 is 5.41 Å². The van der Waals surface area contributed by atoms with Crippen LogP contribution in [0.25, 0.3) is 0 Å². The standard InChI is InChI=1S/C20H20N4O2/c21-14-20(12-4-5-13-20)18(25)22-16-8-10-17(11-9-16)24-19(26)23-15-6-2-1-3-7-15/h1-3,6-11H,4-5,12-13H2,(H,22,25)(H2,23,24,26). The molecule has 1 fully saturated rings. The summed E-state index contributed by atoms with van der Waals surface area (Å²) in [6.07, 6.45) is 3.02. The molecule has 0 aromatic heterocycles. The molecule has 0 aliphatic heterocycles. The molecule has 0 spiro atoms. The third-order valence-corrected chi connectivity index (χ3v) is 4.54. The molecule has 1 aliphatic carbocycles. The lowest BCUT2D eigenvalue weighted by Gasteiger charge is -2.19. The van der Waals surface area contributed by atoms with Crippen LogP contribution in [0.2, 0.25) is 0 Å². The number of anilines is 3. The van der Waals surface area contributed by atoms with Gasteiger partial charge < -0.3 is 16.0 Å². The van der Waals surface area contributed by atoms with Crippen LogP contribution >= 0.6 is 0 Å². The number of carbonyl (C=O) groups is 2. The van der Waals surface area contributed by atoms with Crippen molar-refractivity contribution >= 4 is 29.0 Å². The second-order valence-corrected chi connectivity index (χ2v) is 6.38. The van der Waals surface area contributed by atoms with Gasteiger partial charge in [-0.1, -0.05) is 31.0 Å². The number of carbonyl (C=O) groups excluding carboxylic acids is 2. The molecule has 0 bridgehead atoms. The summed E-state index contributed by atoms with van der Waals surface area (Å²) in [5, 5.41) is 17.6. The van der Waals surface area contributed by atoms with E-state index in [1.165, 1.54) is 0 Å². The monoisotopic (exact) mass is 348 g/mol. The van der Waals surface area contributed by atoms with E-state index in [1.54, 1.807) is 36.4 Å². The first-order valence-corrected chi connectivity index (χ1v) is 8.57. The fraction of sp³-hybridized carbons (Fsp3) is 0.250. The summed E-state index contributed by atoms with van der Waals surface area (Å²) >= 11 is 0. The van der Waals surface area contributed by atoms with Crippen LogP contribution in [-0.4, -0.2) is 11.9 Å². The quantitative estimate of drug-likeness (QED) is 0.766. The molecule has 2 aromatic carbocycles. The minimum atomic E-state index is -0.910. The number of urea groups is 1. The van der Waals surface area contributed by atoms with Gasteiger partial charge in [0.2, 0.25) is 5.91 Å². The van der Waals surface area contributed by atoms with Crippen molar-refractivity contribution in [3.05, 3.63) is 54.6 Å². The van der Waals surface area contributed by atoms with Gasteiger partial charge in [-0.25, -0.2) is 4.79 Å². The van der Waals surface area contributed by atoms with Crippen LogP contribution < -0.4 is 16.0 Å². The van der Waals surface area contributed by atoms with Crippen molar-refractivity contribution < 1.29 is 9.59 Å². The third-order valence-electron chi connectivity index (χ3n) is 4.54. The first kappa shape index (κ1) is 17.5. The van der Waals surface area contributed by atoms with E-state index in [1.807, 2.05) is 18.2 Å². The van der Waals surface area contributed by atoms with Gasteiger partial charge in [0, 0.05) is 17.1 Å². The molecule has 3 rings (SSSR count). The van der Waals surface area contributed by atoms with Crippen LogP contribution in [0.5, 0.6) is 0 Å². The zero-order chi connectivity index (χ0) is 18.4. The van der Waals surface area contributed by atoms with Gasteiger partial charge in [-0.05, 0) is 49.2 Å². The molecule has 0 saturated heterocycles. The van der Waals surface area contributed by atoms with E-state index in [2.05, 4.69) is 22.0 Å². The zero-order valence-corrected chi connectivity index (χ0v) is 14.3. The minimum Gasteiger partial charge on any atom is -0.325 e. The molecule has 1 aliphatic rings. The molecule has 132 valence electrons. The van der Waals surface area contributed by atoms with Crippen molar-refractivity contribution in [1.29, 1.82) is 5.26 Å². The van der Waals surface area contributed by atoms with Gasteiger partial charge in [-0.15, -0.1) is 0 Å². The van der Waals surface area contributed by atoms with Crippen LogP contribution in [0.1, 0.15) is 25.7 Å². The molecule has 3 amide bonds. The lowest BCUT2D eigenvalue weighted by Crippen LogP contribution is -2.32. The number of nitrogens with zero attached hydrogens (tertiary/aromatic N) is 1. The molecule has 2 aromatic rings. The van der Waals surface area contributed by atoms with Crippen molar-refractivity contribution in [2.75, 3.05) is 16.0 Å². The molecule has 0 radical (unpaired) electrons. The van der Waals surface area contributed by atoms with Gasteiger partial charge in [-0.3, -0.25) is 4.79 Å². The van der Waals surface area contributed by atoms with Crippen LogP contribution in [-0.2, 0) is 4.79 Å². The molecule has 0 heterocycles. The maximum atomic E-state index is 12.4. The Bertz CT molecular complexity index is 819. The number of para-hydroxylation sites is 1. The fourth-order valence-electron chi connectivity index (χ4n) is 3.07. The number of hydrogen-bond donors (Lipinski definition) is 3. The third kappa shape index (κ3) is 4.01. The number of amides is 3. The number of benzene rings is 2. The maximum Gasteiger partial charge on any atom is 0.323 e. The summed E-state index contributed by atoms with van der Waals surface area (Å²) in [5.74, 6) is -0.250. The van der Waals surface area contributed by atoms with Crippen molar-refractivity contribution in [3.8, 4) is 6.07 Å². The normalized spacial score (nSPS) is 14.9. The Hall–Kier alpha value is -3.33. The molecule has 3 N–H and O–H groups in total. The molecule has 6 heteroatoms. The van der Waals surface area contributed by atoms with Crippen LogP contribution in [0, 0.1) is 16.7 Å². The first-order valence-electron chi connectivity index (χ1n) is 8.57. The average Bonchev–Trinajstić information content (AvgIpc) is 3.14. The molecular formula is C20H20N4O2. The summed E-state index contributed by atoms with van der Waals surface area (Å²) in [6.45, 7) is 0. The number of nitrogens with one attached hydrogen (secondary N) is 3. The first-order chi connectivity index (χ1) is 12.6. The van der Waals surface area contributed by atoms with E-state index in [-0.39, 0.29) is 11.9 Å². The van der Waals surface area contributed by atoms with Crippen molar-refractivity contribution in [2.45, 2.75) is 25.7 Å². The number of hydrogen-bond acceptors (Lipinski definition) is 3. The van der Waals surface area contributed by atoms with Crippen molar-refractivity contribution in [1.82, 2.24) is 0 Å². The summed E-state index contributed by atoms with van der Waals surface area (Å²) in [6, 6.07) is 17.8. The van der Waals surface area contributed by atoms with E-state index >= 15 is 0 Å². The molecule has 26 heavy (non-hydrogen) atoms. The van der Waals surface area contributed by atoms with Gasteiger partial charge in [0.25, 0.3) is 0 Å². The molecular weight excluding hydrogens is 328 g/mol. The molecule has 6 nitrogen and oxygen atoms in total. The van der Waals surface area contributed by atoms with Crippen LogP contribution in [0.3, 0.4) is 0 Å². The van der Waals surface area contributed by atoms with E-state index in [4.69, 9.17) is 0 Å². The largest absolute Gasteiger partial charge is 0.325 e. The highest BCUT2D eigenvalue weighted by atomic mass is 16.2. The highest BCUT2D eigenvalue weighted by Crippen LogP contribution is 2.38. The Morgan fingerprint density at radius 1 is 0.808 bits per heavy atom. The summed E-state index contributed by atoms with van der Waals surface area (Å²) in [4.78, 5) is 24.4. The lowest BCUT2D eigenvalue weighted by molar-refractivity contribution is -0.122. The number of rotatable bonds is 4. The summed E-state index contributed by atoms with van der Waals surface area (Å²) in [7, 11) is 0. The predicted octanol–water partition coefficient (Wildman–Crippen LogP) is 4.35. The van der Waals surface area contributed by atoms with Gasteiger partial charge >= 0.3 is 6.03 Å². The van der Waals surface area contributed by atoms with Crippen LogP contribution in [0.4, 0.5) is 21.9 Å². The SMILES string of the molecule is N#CC1(C(=O)Nc2ccc(NC(=O)Nc3ccccc3)cc2)CCCC1. The Kier molecular flexibility index (Phi) is 5.18. The Morgan fingerprint density at radius 2 is 1.31 bits per heavy atom. The van der Waals surface area contributed by atoms with E-state index in [9.17, 15) is 14.9 Å². The summed E-state index contributed by atoms with van der Waals surface area (Å²) in [5.41, 5.74) is 0.997. The minimum absolute atomic E-state index is 0.250. The van der Waals surface area contributed by atoms with Crippen molar-refractivity contribution in [3.63, 3.8) is 0 Å². The number of nitriles is 1. The van der Waals surface area contributed by atoms with E-state index in [0.29, 0.717) is 29.9 Å². The fourth-order valence-corrected chi connectivity index (χ4v) is 3.07. The zero-order valence-electron chi connectivity index (χ0n) is 14.3. The highest BCUT2D eigenvalue weighted by Gasteiger charge is 2.41. The topological polar surface area (TPSA) is 94.0 Å². The van der Waals surface area contributed by atoms with Gasteiger partial charge in [0.1, 0.15) is 5.41 Å². The Balaban J connectivity index is 1.57. The maximum absolute atomic E-state index is 12.4. The Labute approximate surface area is 152 Å². The van der Waals surface area contributed by atoms with Gasteiger partial charge in [0.05, 0.1) is 6.07 Å². The lowest BCUT2D eigenvalue weighted by atomic mass is 9.87. The highest BCUT2D eigenvalue weighted by molar-refractivity contribution is 6.00. The predicted molar refractivity (Wildman–Crippen MR) is 101 cm³/mol. The second-order valence-electron chi connectivity index (χ2n) is 6.38. The average molecular weight is 348 g/mol. The molecule has 1 saturated carbocycles. The Morgan fingerprint density at radius 3 is 1.85 bits per heavy atom. The summed E-state index contributed by atoms with van der Waals surface area (Å²) < 4.78 is 0.